The number of benzene rings is 1. The molecule has 0 heterocycles. The first-order valence-electron chi connectivity index (χ1n) is 5.48. The number of hydrogen-bond donors (Lipinski definition) is 3. The number of sulfonamides is 1. The van der Waals surface area contributed by atoms with Crippen molar-refractivity contribution in [1.82, 2.24) is 5.32 Å². The molecule has 18 heavy (non-hydrogen) atoms. The Labute approximate surface area is 107 Å². The van der Waals surface area contributed by atoms with Crippen LogP contribution in [0.3, 0.4) is 0 Å². The van der Waals surface area contributed by atoms with E-state index in [-0.39, 0.29) is 17.3 Å². The van der Waals surface area contributed by atoms with Crippen LogP contribution in [0.4, 0.5) is 5.69 Å². The van der Waals surface area contributed by atoms with Crippen molar-refractivity contribution in [1.29, 1.82) is 0 Å². The Morgan fingerprint density at radius 2 is 2.06 bits per heavy atom. The largest absolute Gasteiger partial charge is 0.325 e. The number of nitrogens with one attached hydrogen (secondary N) is 2. The second kappa shape index (κ2) is 5.94. The van der Waals surface area contributed by atoms with E-state index in [1.807, 2.05) is 6.92 Å². The molecule has 6 nitrogen and oxygen atoms in total. The molecule has 0 unspecified atom stereocenters. The highest BCUT2D eigenvalue weighted by molar-refractivity contribution is 7.89. The van der Waals surface area contributed by atoms with Crippen molar-refractivity contribution in [2.45, 2.75) is 18.2 Å². The Hall–Kier alpha value is -1.44. The van der Waals surface area contributed by atoms with Crippen LogP contribution in [0.5, 0.6) is 0 Å². The average molecular weight is 271 g/mol. The van der Waals surface area contributed by atoms with E-state index in [1.165, 1.54) is 6.07 Å². The van der Waals surface area contributed by atoms with Gasteiger partial charge in [-0.3, -0.25) is 4.79 Å². The molecule has 1 amide bonds. The van der Waals surface area contributed by atoms with E-state index in [0.717, 1.165) is 0 Å². The van der Waals surface area contributed by atoms with Gasteiger partial charge in [-0.1, -0.05) is 13.0 Å². The maximum Gasteiger partial charge on any atom is 0.238 e. The first-order valence-corrected chi connectivity index (χ1v) is 7.03. The highest BCUT2D eigenvalue weighted by Crippen LogP contribution is 2.20. The number of carbonyl (C=O) groups is 1. The van der Waals surface area contributed by atoms with Crippen LogP contribution in [0, 0.1) is 0 Å². The van der Waals surface area contributed by atoms with Gasteiger partial charge in [0.15, 0.2) is 0 Å². The van der Waals surface area contributed by atoms with Gasteiger partial charge >= 0.3 is 0 Å². The third-order valence-corrected chi connectivity index (χ3v) is 3.37. The molecule has 0 aliphatic heterocycles. The van der Waals surface area contributed by atoms with Gasteiger partial charge in [-0.15, -0.1) is 0 Å². The Morgan fingerprint density at radius 3 is 2.56 bits per heavy atom. The summed E-state index contributed by atoms with van der Waals surface area (Å²) in [6.07, 6.45) is 0.552. The maximum atomic E-state index is 11.4. The first kappa shape index (κ1) is 14.6. The van der Waals surface area contributed by atoms with Crippen LogP contribution in [0.2, 0.25) is 0 Å². The predicted molar refractivity (Wildman–Crippen MR) is 69.7 cm³/mol. The fraction of sp³-hybridized carbons (Fsp3) is 0.364. The van der Waals surface area contributed by atoms with Gasteiger partial charge in [0.2, 0.25) is 15.9 Å². The fourth-order valence-corrected chi connectivity index (χ4v) is 2.42. The molecule has 0 saturated heterocycles. The molecule has 0 spiro atoms. The van der Waals surface area contributed by atoms with Gasteiger partial charge in [-0.2, -0.15) is 0 Å². The molecule has 1 rings (SSSR count). The Bertz CT molecular complexity index is 540. The summed E-state index contributed by atoms with van der Waals surface area (Å²) in [6.45, 7) is 1.99. The van der Waals surface area contributed by atoms with E-state index in [0.29, 0.717) is 17.7 Å². The van der Waals surface area contributed by atoms with E-state index >= 15 is 0 Å². The molecule has 1 aromatic rings. The molecule has 0 radical (unpaired) electrons. The molecule has 0 aliphatic carbocycles. The summed E-state index contributed by atoms with van der Waals surface area (Å²) in [5, 5.41) is 10.4. The van der Waals surface area contributed by atoms with Gasteiger partial charge in [0.1, 0.15) is 0 Å². The maximum absolute atomic E-state index is 11.4. The standard InChI is InChI=1S/C11H17N3O3S/c1-3-8-4-5-9(14-11(15)7-13-2)6-10(8)18(12,16)17/h4-6,13H,3,7H2,1-2H3,(H,14,15)(H2,12,16,17). The van der Waals surface area contributed by atoms with Gasteiger partial charge in [0.05, 0.1) is 11.4 Å². The molecular formula is C11H17N3O3S. The van der Waals surface area contributed by atoms with Gasteiger partial charge in [0.25, 0.3) is 0 Å². The first-order chi connectivity index (χ1) is 8.38. The second-order valence-electron chi connectivity index (χ2n) is 3.80. The van der Waals surface area contributed by atoms with Crippen LogP contribution in [-0.4, -0.2) is 27.9 Å². The third kappa shape index (κ3) is 3.80. The minimum absolute atomic E-state index is 0.0484. The van der Waals surface area contributed by atoms with E-state index in [1.54, 1.807) is 19.2 Å². The normalized spacial score (nSPS) is 11.3. The monoisotopic (exact) mass is 271 g/mol. The van der Waals surface area contributed by atoms with Crippen LogP contribution < -0.4 is 15.8 Å². The van der Waals surface area contributed by atoms with Crippen LogP contribution in [0.1, 0.15) is 12.5 Å². The minimum Gasteiger partial charge on any atom is -0.325 e. The highest BCUT2D eigenvalue weighted by atomic mass is 32.2. The molecule has 1 aromatic carbocycles. The molecule has 100 valence electrons. The number of aryl methyl sites for hydroxylation is 1. The number of hydrogen-bond acceptors (Lipinski definition) is 4. The zero-order chi connectivity index (χ0) is 13.8. The van der Waals surface area contributed by atoms with Gasteiger partial charge in [0, 0.05) is 5.69 Å². The van der Waals surface area contributed by atoms with Crippen LogP contribution >= 0.6 is 0 Å². The minimum atomic E-state index is -3.78. The Kier molecular flexibility index (Phi) is 4.83. The Morgan fingerprint density at radius 1 is 1.39 bits per heavy atom. The number of carbonyl (C=O) groups excluding carboxylic acids is 1. The van der Waals surface area contributed by atoms with Crippen LogP contribution in [-0.2, 0) is 21.2 Å². The number of nitrogens with two attached hydrogens (primary N) is 1. The number of primary sulfonamides is 1. The quantitative estimate of drug-likeness (QED) is 0.704. The summed E-state index contributed by atoms with van der Waals surface area (Å²) in [5.41, 5.74) is 1.04. The highest BCUT2D eigenvalue weighted by Gasteiger charge is 2.14. The van der Waals surface area contributed by atoms with E-state index in [9.17, 15) is 13.2 Å². The smallest absolute Gasteiger partial charge is 0.238 e. The van der Waals surface area contributed by atoms with Crippen molar-refractivity contribution < 1.29 is 13.2 Å². The molecule has 0 atom stereocenters. The molecule has 4 N–H and O–H groups in total. The van der Waals surface area contributed by atoms with Gasteiger partial charge in [-0.25, -0.2) is 13.6 Å². The van der Waals surface area contributed by atoms with Crippen molar-refractivity contribution in [3.63, 3.8) is 0 Å². The molecular weight excluding hydrogens is 254 g/mol. The van der Waals surface area contributed by atoms with E-state index in [2.05, 4.69) is 10.6 Å². The second-order valence-corrected chi connectivity index (χ2v) is 5.33. The van der Waals surface area contributed by atoms with E-state index in [4.69, 9.17) is 5.14 Å². The van der Waals surface area contributed by atoms with Crippen molar-refractivity contribution in [2.24, 2.45) is 5.14 Å². The molecule has 7 heteroatoms. The van der Waals surface area contributed by atoms with Crippen molar-refractivity contribution in [3.8, 4) is 0 Å². The lowest BCUT2D eigenvalue weighted by atomic mass is 10.1. The zero-order valence-corrected chi connectivity index (χ0v) is 11.2. The molecule has 0 aliphatic rings. The average Bonchev–Trinajstić information content (AvgIpc) is 2.28. The molecule has 0 aromatic heterocycles. The van der Waals surface area contributed by atoms with E-state index < -0.39 is 10.0 Å². The topological polar surface area (TPSA) is 101 Å². The Balaban J connectivity index is 3.08. The molecule has 0 saturated carbocycles. The fourth-order valence-electron chi connectivity index (χ4n) is 1.55. The SMILES string of the molecule is CCc1ccc(NC(=O)CNC)cc1S(N)(=O)=O. The van der Waals surface area contributed by atoms with Gasteiger partial charge < -0.3 is 10.6 Å². The summed E-state index contributed by atoms with van der Waals surface area (Å²) in [5.74, 6) is -0.248. The summed E-state index contributed by atoms with van der Waals surface area (Å²) < 4.78 is 22.9. The lowest BCUT2D eigenvalue weighted by molar-refractivity contribution is -0.115. The van der Waals surface area contributed by atoms with Crippen molar-refractivity contribution in [3.05, 3.63) is 23.8 Å². The summed E-state index contributed by atoms with van der Waals surface area (Å²) in [4.78, 5) is 11.4. The number of rotatable bonds is 5. The number of likely N-dealkylation sites (N-methyl/N-ethyl adjacent to an activating group) is 1. The lowest BCUT2D eigenvalue weighted by Gasteiger charge is -2.10. The third-order valence-electron chi connectivity index (χ3n) is 2.38. The van der Waals surface area contributed by atoms with Crippen molar-refractivity contribution >= 4 is 21.6 Å². The predicted octanol–water partition coefficient (Wildman–Crippen LogP) is 0.0543. The van der Waals surface area contributed by atoms with Gasteiger partial charge in [-0.05, 0) is 31.2 Å². The summed E-state index contributed by atoms with van der Waals surface area (Å²) >= 11 is 0. The zero-order valence-electron chi connectivity index (χ0n) is 10.4. The lowest BCUT2D eigenvalue weighted by Crippen LogP contribution is -2.25. The molecule has 0 bridgehead atoms. The van der Waals surface area contributed by atoms with Crippen LogP contribution in [0.25, 0.3) is 0 Å². The van der Waals surface area contributed by atoms with Crippen molar-refractivity contribution in [2.75, 3.05) is 18.9 Å². The summed E-state index contributed by atoms with van der Waals surface area (Å²) in [6, 6.07) is 4.68. The number of anilines is 1. The number of amides is 1. The molecule has 0 fully saturated rings. The summed E-state index contributed by atoms with van der Waals surface area (Å²) in [7, 11) is -2.13. The van der Waals surface area contributed by atoms with Crippen LogP contribution in [0.15, 0.2) is 23.1 Å².